The molecule has 1 aliphatic rings. The normalized spacial score (nSPS) is 19.5. The summed E-state index contributed by atoms with van der Waals surface area (Å²) in [5.74, 6) is 0.139. The van der Waals surface area contributed by atoms with E-state index in [9.17, 15) is 9.59 Å². The van der Waals surface area contributed by atoms with Crippen molar-refractivity contribution in [2.75, 3.05) is 6.54 Å². The maximum Gasteiger partial charge on any atom is 0.233 e. The molecule has 0 aromatic rings. The van der Waals surface area contributed by atoms with Crippen molar-refractivity contribution in [1.82, 2.24) is 4.90 Å². The number of imide groups is 1. The van der Waals surface area contributed by atoms with Gasteiger partial charge in [-0.3, -0.25) is 14.5 Å². The van der Waals surface area contributed by atoms with Crippen LogP contribution in [0.3, 0.4) is 0 Å². The third kappa shape index (κ3) is 6.98. The second-order valence-electron chi connectivity index (χ2n) is 7.59. The largest absolute Gasteiger partial charge is 0.283 e. The molecule has 2 atom stereocenters. The zero-order chi connectivity index (χ0) is 17.9. The zero-order valence-electron chi connectivity index (χ0n) is 16.1. The van der Waals surface area contributed by atoms with Crippen LogP contribution in [0.4, 0.5) is 0 Å². The molecule has 1 saturated heterocycles. The summed E-state index contributed by atoms with van der Waals surface area (Å²) < 4.78 is 0. The monoisotopic (exact) mass is 333 g/mol. The van der Waals surface area contributed by atoms with Crippen molar-refractivity contribution < 1.29 is 9.59 Å². The summed E-state index contributed by atoms with van der Waals surface area (Å²) in [6.07, 6.45) is 12.4. The van der Waals surface area contributed by atoms with Crippen molar-refractivity contribution in [1.29, 1.82) is 0 Å². The highest BCUT2D eigenvalue weighted by atomic mass is 16.2. The highest BCUT2D eigenvalue weighted by molar-refractivity contribution is 6.12. The lowest BCUT2D eigenvalue weighted by molar-refractivity contribution is -0.139. The maximum atomic E-state index is 12.7. The molecule has 0 aromatic heterocycles. The van der Waals surface area contributed by atoms with E-state index in [0.717, 1.165) is 12.8 Å². The van der Waals surface area contributed by atoms with Crippen LogP contribution in [0, 0.1) is 11.8 Å². The number of carbonyl (C=O) groups is 2. The highest BCUT2D eigenvalue weighted by Gasteiger charge is 2.42. The minimum absolute atomic E-state index is 0.0191. The van der Waals surface area contributed by atoms with E-state index in [2.05, 4.69) is 13.8 Å². The number of hydrogen-bond donors (Lipinski definition) is 0. The number of amides is 2. The van der Waals surface area contributed by atoms with Crippen LogP contribution < -0.4 is 0 Å². The average molecular weight is 333 g/mol. The van der Waals surface area contributed by atoms with E-state index < -0.39 is 0 Å². The Labute approximate surface area is 150 Å². The van der Waals surface area contributed by atoms with Gasteiger partial charge in [-0.2, -0.15) is 0 Å². The molecule has 1 heterocycles. The molecule has 24 heavy (non-hydrogen) atoms. The number of likely N-dealkylation sites (tertiary alicyclic amines) is 1. The van der Waals surface area contributed by atoms with Crippen molar-refractivity contribution in [3.8, 4) is 0 Å². The van der Waals surface area contributed by atoms with Crippen LogP contribution in [0.2, 0.25) is 5.82 Å². The fourth-order valence-electron chi connectivity index (χ4n) is 3.77. The van der Waals surface area contributed by atoms with Gasteiger partial charge in [0.1, 0.15) is 0 Å². The van der Waals surface area contributed by atoms with E-state index in [-0.39, 0.29) is 23.5 Å². The van der Waals surface area contributed by atoms with E-state index in [1.165, 1.54) is 56.3 Å². The van der Waals surface area contributed by atoms with E-state index in [4.69, 9.17) is 7.85 Å². The van der Waals surface area contributed by atoms with Crippen LogP contribution in [-0.4, -0.2) is 31.1 Å². The van der Waals surface area contributed by atoms with Crippen molar-refractivity contribution in [2.45, 2.75) is 97.2 Å². The Bertz CT molecular complexity index is 372. The number of carbonyl (C=O) groups excluding carboxylic acids is 2. The lowest BCUT2D eigenvalue weighted by Crippen LogP contribution is -2.34. The molecule has 0 aliphatic carbocycles. The van der Waals surface area contributed by atoms with Gasteiger partial charge in [0.2, 0.25) is 11.8 Å². The molecular weight excluding hydrogens is 297 g/mol. The molecule has 1 rings (SSSR count). The van der Waals surface area contributed by atoms with Crippen molar-refractivity contribution in [3.63, 3.8) is 0 Å². The molecule has 1 fully saturated rings. The maximum absolute atomic E-state index is 12.7. The van der Waals surface area contributed by atoms with Gasteiger partial charge in [-0.15, -0.1) is 0 Å². The number of unbranched alkanes of at least 4 members (excludes halogenated alkanes) is 6. The molecule has 0 saturated carbocycles. The van der Waals surface area contributed by atoms with Gasteiger partial charge >= 0.3 is 0 Å². The third-order valence-electron chi connectivity index (χ3n) is 5.18. The minimum Gasteiger partial charge on any atom is -0.283 e. The predicted molar refractivity (Wildman–Crippen MR) is 101 cm³/mol. The van der Waals surface area contributed by atoms with E-state index in [1.807, 2.05) is 6.92 Å². The van der Waals surface area contributed by atoms with Gasteiger partial charge < -0.3 is 0 Å². The first kappa shape index (κ1) is 21.2. The fraction of sp³-hybridized carbons (Fsp3) is 0.900. The Kier molecular flexibility index (Phi) is 10.4. The van der Waals surface area contributed by atoms with Gasteiger partial charge in [0.25, 0.3) is 0 Å². The van der Waals surface area contributed by atoms with Gasteiger partial charge in [0.05, 0.1) is 13.8 Å². The fourth-order valence-corrected chi connectivity index (χ4v) is 3.77. The van der Waals surface area contributed by atoms with Gasteiger partial charge in [0.15, 0.2) is 0 Å². The molecule has 0 spiro atoms. The first-order valence-electron chi connectivity index (χ1n) is 10.1. The Morgan fingerprint density at radius 2 is 1.54 bits per heavy atom. The van der Waals surface area contributed by atoms with Crippen LogP contribution >= 0.6 is 0 Å². The molecule has 2 amide bonds. The zero-order valence-corrected chi connectivity index (χ0v) is 16.1. The summed E-state index contributed by atoms with van der Waals surface area (Å²) in [5, 5.41) is 0. The average Bonchev–Trinajstić information content (AvgIpc) is 2.81. The van der Waals surface area contributed by atoms with Gasteiger partial charge in [-0.25, -0.2) is 0 Å². The van der Waals surface area contributed by atoms with Crippen LogP contribution in [0.5, 0.6) is 0 Å². The summed E-state index contributed by atoms with van der Waals surface area (Å²) in [7, 11) is 5.80. The summed E-state index contributed by atoms with van der Waals surface area (Å²) in [6, 6.07) is 0. The van der Waals surface area contributed by atoms with Crippen LogP contribution in [0.1, 0.15) is 91.4 Å². The van der Waals surface area contributed by atoms with E-state index in [1.54, 1.807) is 0 Å². The quantitative estimate of drug-likeness (QED) is 0.273. The smallest absolute Gasteiger partial charge is 0.233 e. The van der Waals surface area contributed by atoms with Gasteiger partial charge in [-0.05, 0) is 18.8 Å². The number of nitrogens with zero attached hydrogens (tertiary/aromatic N) is 1. The van der Waals surface area contributed by atoms with E-state index >= 15 is 0 Å². The number of rotatable bonds is 13. The molecule has 0 N–H and O–H groups in total. The van der Waals surface area contributed by atoms with Crippen LogP contribution in [0.15, 0.2) is 0 Å². The summed E-state index contributed by atoms with van der Waals surface area (Å²) in [6.45, 7) is 6.65. The van der Waals surface area contributed by atoms with Gasteiger partial charge in [-0.1, -0.05) is 78.0 Å². The summed E-state index contributed by atoms with van der Waals surface area (Å²) in [5.41, 5.74) is 0. The first-order chi connectivity index (χ1) is 11.5. The standard InChI is InChI=1S/C20H36BNO2/c1-4-6-8-10-12-17(13-11-9-7-5-2)18-14-19(23)22(20(18)24)15-16(3)21/h16-18H,4-15H2,1-3H3. The lowest BCUT2D eigenvalue weighted by atomic mass is 9.82. The molecule has 3 nitrogen and oxygen atoms in total. The summed E-state index contributed by atoms with van der Waals surface area (Å²) >= 11 is 0. The predicted octanol–water partition coefficient (Wildman–Crippen LogP) is 4.90. The third-order valence-corrected chi connectivity index (χ3v) is 5.18. The molecule has 0 bridgehead atoms. The first-order valence-corrected chi connectivity index (χ1v) is 10.1. The van der Waals surface area contributed by atoms with Crippen molar-refractivity contribution >= 4 is 19.7 Å². The summed E-state index contributed by atoms with van der Waals surface area (Å²) in [4.78, 5) is 26.4. The molecular formula is C20H36BNO2. The Hall–Kier alpha value is -0.795. The molecule has 1 aliphatic heterocycles. The molecule has 136 valence electrons. The minimum atomic E-state index is -0.149. The van der Waals surface area contributed by atoms with Crippen LogP contribution in [0.25, 0.3) is 0 Å². The van der Waals surface area contributed by atoms with Crippen molar-refractivity contribution in [2.24, 2.45) is 11.8 Å². The number of hydrogen-bond acceptors (Lipinski definition) is 2. The van der Waals surface area contributed by atoms with Crippen LogP contribution in [-0.2, 0) is 9.59 Å². The van der Waals surface area contributed by atoms with E-state index in [0.29, 0.717) is 18.9 Å². The Morgan fingerprint density at radius 1 is 1.00 bits per heavy atom. The topological polar surface area (TPSA) is 37.4 Å². The SMILES string of the molecule is [B]C(C)CN1C(=O)CC(C(CCCCCC)CCCCCC)C1=O. The Morgan fingerprint density at radius 3 is 2.00 bits per heavy atom. The molecule has 2 unspecified atom stereocenters. The Balaban J connectivity index is 2.62. The van der Waals surface area contributed by atoms with Crippen molar-refractivity contribution in [3.05, 3.63) is 0 Å². The van der Waals surface area contributed by atoms with Gasteiger partial charge in [0, 0.05) is 13.0 Å². The highest BCUT2D eigenvalue weighted by Crippen LogP contribution is 2.34. The molecule has 4 heteroatoms. The second kappa shape index (κ2) is 11.7. The lowest BCUT2D eigenvalue weighted by Gasteiger charge is -2.23. The molecule has 0 aromatic carbocycles. The molecule has 2 radical (unpaired) electrons. The second-order valence-corrected chi connectivity index (χ2v) is 7.59.